The van der Waals surface area contributed by atoms with Crippen LogP contribution in [0.15, 0.2) is 22.7 Å². The van der Waals surface area contributed by atoms with Gasteiger partial charge in [-0.05, 0) is 24.1 Å². The van der Waals surface area contributed by atoms with Gasteiger partial charge in [0, 0.05) is 4.47 Å². The Morgan fingerprint density at radius 2 is 2.25 bits per heavy atom. The van der Waals surface area contributed by atoms with Crippen LogP contribution in [0.3, 0.4) is 0 Å². The standard InChI is InChI=1S/C9H10BrClO/c1-6-7(9(12)5-11)3-2-4-8(6)10/h2-4,9,12H,5H2,1H3/t9-/m0/s1. The molecule has 1 atom stereocenters. The van der Waals surface area contributed by atoms with Crippen LogP contribution in [0.2, 0.25) is 0 Å². The zero-order valence-electron chi connectivity index (χ0n) is 6.72. The number of hydrogen-bond donors (Lipinski definition) is 1. The second-order valence-corrected chi connectivity index (χ2v) is 3.79. The molecule has 0 amide bonds. The Morgan fingerprint density at radius 3 is 2.83 bits per heavy atom. The Hall–Kier alpha value is -0.0500. The van der Waals surface area contributed by atoms with Crippen molar-refractivity contribution >= 4 is 27.5 Å². The van der Waals surface area contributed by atoms with Gasteiger partial charge in [-0.2, -0.15) is 0 Å². The van der Waals surface area contributed by atoms with Crippen molar-refractivity contribution in [3.05, 3.63) is 33.8 Å². The first-order valence-electron chi connectivity index (χ1n) is 3.66. The molecule has 0 heterocycles. The summed E-state index contributed by atoms with van der Waals surface area (Å²) >= 11 is 8.93. The maximum atomic E-state index is 9.48. The first-order chi connectivity index (χ1) is 5.66. The van der Waals surface area contributed by atoms with E-state index < -0.39 is 6.10 Å². The molecule has 0 aliphatic rings. The van der Waals surface area contributed by atoms with Gasteiger partial charge in [0.2, 0.25) is 0 Å². The molecule has 0 radical (unpaired) electrons. The van der Waals surface area contributed by atoms with E-state index in [4.69, 9.17) is 11.6 Å². The molecule has 1 nitrogen and oxygen atoms in total. The number of halogens is 2. The fraction of sp³-hybridized carbons (Fsp3) is 0.333. The predicted octanol–water partition coefficient (Wildman–Crippen LogP) is 3.03. The monoisotopic (exact) mass is 248 g/mol. The number of alkyl halides is 1. The van der Waals surface area contributed by atoms with Crippen molar-refractivity contribution in [1.82, 2.24) is 0 Å². The average Bonchev–Trinajstić information content (AvgIpc) is 2.08. The maximum absolute atomic E-state index is 9.48. The van der Waals surface area contributed by atoms with E-state index >= 15 is 0 Å². The van der Waals surface area contributed by atoms with Crippen molar-refractivity contribution in [2.75, 3.05) is 5.88 Å². The summed E-state index contributed by atoms with van der Waals surface area (Å²) in [6, 6.07) is 5.72. The molecular formula is C9H10BrClO. The third kappa shape index (κ3) is 2.00. The molecule has 0 spiro atoms. The van der Waals surface area contributed by atoms with E-state index in [9.17, 15) is 5.11 Å². The van der Waals surface area contributed by atoms with Crippen LogP contribution in [-0.2, 0) is 0 Å². The van der Waals surface area contributed by atoms with Crippen LogP contribution in [0, 0.1) is 6.92 Å². The molecule has 0 aromatic heterocycles. The molecular weight excluding hydrogens is 239 g/mol. The Bertz CT molecular complexity index is 275. The summed E-state index contributed by atoms with van der Waals surface area (Å²) in [5, 5.41) is 9.48. The minimum atomic E-state index is -0.566. The Morgan fingerprint density at radius 1 is 1.58 bits per heavy atom. The number of rotatable bonds is 2. The van der Waals surface area contributed by atoms with Gasteiger partial charge in [0.1, 0.15) is 0 Å². The summed E-state index contributed by atoms with van der Waals surface area (Å²) in [5.74, 6) is 0.233. The third-order valence-electron chi connectivity index (χ3n) is 1.81. The quantitative estimate of drug-likeness (QED) is 0.799. The number of benzene rings is 1. The lowest BCUT2D eigenvalue weighted by Gasteiger charge is -2.11. The highest BCUT2D eigenvalue weighted by atomic mass is 79.9. The molecule has 0 saturated heterocycles. The lowest BCUT2D eigenvalue weighted by molar-refractivity contribution is 0.202. The van der Waals surface area contributed by atoms with E-state index in [1.807, 2.05) is 25.1 Å². The Kier molecular flexibility index (Phi) is 3.56. The zero-order valence-corrected chi connectivity index (χ0v) is 9.06. The summed E-state index contributed by atoms with van der Waals surface area (Å²) < 4.78 is 1.00. The van der Waals surface area contributed by atoms with Crippen LogP contribution in [-0.4, -0.2) is 11.0 Å². The summed E-state index contributed by atoms with van der Waals surface area (Å²) in [6.45, 7) is 1.95. The second kappa shape index (κ2) is 4.26. The molecule has 0 bridgehead atoms. The van der Waals surface area contributed by atoms with Gasteiger partial charge in [-0.25, -0.2) is 0 Å². The molecule has 0 aliphatic carbocycles. The molecule has 1 rings (SSSR count). The van der Waals surface area contributed by atoms with E-state index in [1.165, 1.54) is 0 Å². The first kappa shape index (κ1) is 10.0. The van der Waals surface area contributed by atoms with E-state index in [1.54, 1.807) is 0 Å². The molecule has 66 valence electrons. The van der Waals surface area contributed by atoms with Crippen molar-refractivity contribution in [3.63, 3.8) is 0 Å². The minimum Gasteiger partial charge on any atom is -0.387 e. The maximum Gasteiger partial charge on any atom is 0.0928 e. The molecule has 3 heteroatoms. The van der Waals surface area contributed by atoms with Crippen molar-refractivity contribution in [3.8, 4) is 0 Å². The smallest absolute Gasteiger partial charge is 0.0928 e. The molecule has 12 heavy (non-hydrogen) atoms. The summed E-state index contributed by atoms with van der Waals surface area (Å²) in [4.78, 5) is 0. The van der Waals surface area contributed by atoms with E-state index in [2.05, 4.69) is 15.9 Å². The Labute approximate surface area is 85.5 Å². The van der Waals surface area contributed by atoms with Gasteiger partial charge in [0.25, 0.3) is 0 Å². The lowest BCUT2D eigenvalue weighted by Crippen LogP contribution is -2.01. The highest BCUT2D eigenvalue weighted by Crippen LogP contribution is 2.24. The second-order valence-electron chi connectivity index (χ2n) is 2.62. The normalized spacial score (nSPS) is 13.0. The van der Waals surface area contributed by atoms with Crippen LogP contribution < -0.4 is 0 Å². The van der Waals surface area contributed by atoms with Crippen molar-refractivity contribution in [1.29, 1.82) is 0 Å². The van der Waals surface area contributed by atoms with Crippen LogP contribution in [0.4, 0.5) is 0 Å². The van der Waals surface area contributed by atoms with E-state index in [0.717, 1.165) is 15.6 Å². The molecule has 1 aromatic rings. The van der Waals surface area contributed by atoms with Gasteiger partial charge in [-0.1, -0.05) is 28.1 Å². The number of hydrogen-bond acceptors (Lipinski definition) is 1. The predicted molar refractivity (Wildman–Crippen MR) is 54.6 cm³/mol. The van der Waals surface area contributed by atoms with Crippen LogP contribution in [0.25, 0.3) is 0 Å². The fourth-order valence-corrected chi connectivity index (χ4v) is 1.62. The van der Waals surface area contributed by atoms with Crippen LogP contribution in [0.5, 0.6) is 0 Å². The summed E-state index contributed by atoms with van der Waals surface area (Å²) in [5.41, 5.74) is 1.94. The third-order valence-corrected chi connectivity index (χ3v) is 2.97. The van der Waals surface area contributed by atoms with Gasteiger partial charge in [-0.3, -0.25) is 0 Å². The largest absolute Gasteiger partial charge is 0.387 e. The van der Waals surface area contributed by atoms with E-state index in [-0.39, 0.29) is 5.88 Å². The average molecular weight is 250 g/mol. The van der Waals surface area contributed by atoms with Gasteiger partial charge in [0.15, 0.2) is 0 Å². The van der Waals surface area contributed by atoms with Crippen LogP contribution in [0.1, 0.15) is 17.2 Å². The molecule has 0 fully saturated rings. The lowest BCUT2D eigenvalue weighted by atomic mass is 10.1. The summed E-state index contributed by atoms with van der Waals surface area (Å²) in [7, 11) is 0. The SMILES string of the molecule is Cc1c(Br)cccc1[C@@H](O)CCl. The number of aliphatic hydroxyl groups is 1. The van der Waals surface area contributed by atoms with Gasteiger partial charge >= 0.3 is 0 Å². The van der Waals surface area contributed by atoms with Crippen molar-refractivity contribution < 1.29 is 5.11 Å². The number of aliphatic hydroxyl groups excluding tert-OH is 1. The fourth-order valence-electron chi connectivity index (χ4n) is 1.07. The first-order valence-corrected chi connectivity index (χ1v) is 4.98. The molecule has 1 N–H and O–H groups in total. The summed E-state index contributed by atoms with van der Waals surface area (Å²) in [6.07, 6.45) is -0.566. The molecule has 0 aliphatic heterocycles. The minimum absolute atomic E-state index is 0.233. The van der Waals surface area contributed by atoms with Gasteiger partial charge < -0.3 is 5.11 Å². The topological polar surface area (TPSA) is 20.2 Å². The molecule has 1 aromatic carbocycles. The van der Waals surface area contributed by atoms with Crippen molar-refractivity contribution in [2.45, 2.75) is 13.0 Å². The molecule has 0 unspecified atom stereocenters. The van der Waals surface area contributed by atoms with E-state index in [0.29, 0.717) is 0 Å². The van der Waals surface area contributed by atoms with Crippen LogP contribution >= 0.6 is 27.5 Å². The molecule has 0 saturated carbocycles. The van der Waals surface area contributed by atoms with Gasteiger partial charge in [0.05, 0.1) is 12.0 Å². The zero-order chi connectivity index (χ0) is 9.14. The van der Waals surface area contributed by atoms with Crippen molar-refractivity contribution in [2.24, 2.45) is 0 Å². The highest BCUT2D eigenvalue weighted by Gasteiger charge is 2.09. The highest BCUT2D eigenvalue weighted by molar-refractivity contribution is 9.10. The van der Waals surface area contributed by atoms with Gasteiger partial charge in [-0.15, -0.1) is 11.6 Å². The Balaban J connectivity index is 3.07.